The van der Waals surface area contributed by atoms with Gasteiger partial charge in [0.05, 0.1) is 11.3 Å². The lowest BCUT2D eigenvalue weighted by Crippen LogP contribution is -2.47. The van der Waals surface area contributed by atoms with E-state index in [4.69, 9.17) is 5.11 Å². The van der Waals surface area contributed by atoms with Gasteiger partial charge in [-0.2, -0.15) is 10.6 Å². The summed E-state index contributed by atoms with van der Waals surface area (Å²) in [6.07, 6.45) is 0.543. The van der Waals surface area contributed by atoms with Crippen LogP contribution in [0.15, 0.2) is 0 Å². The quantitative estimate of drug-likeness (QED) is 0.515. The molecule has 1 fully saturated rings. The Morgan fingerprint density at radius 2 is 2.23 bits per heavy atom. The van der Waals surface area contributed by atoms with Gasteiger partial charge in [-0.3, -0.25) is 13.9 Å². The first kappa shape index (κ1) is 10.8. The molecule has 0 aromatic heterocycles. The van der Waals surface area contributed by atoms with Gasteiger partial charge < -0.3 is 10.4 Å². The SMILES string of the molecule is CC1(NC(=O)CO)CCS(O)(O)C1. The van der Waals surface area contributed by atoms with Gasteiger partial charge in [0, 0.05) is 5.75 Å². The van der Waals surface area contributed by atoms with Gasteiger partial charge in [0.2, 0.25) is 5.91 Å². The van der Waals surface area contributed by atoms with Crippen molar-refractivity contribution in [3.8, 4) is 0 Å². The van der Waals surface area contributed by atoms with Gasteiger partial charge in [-0.05, 0) is 13.3 Å². The summed E-state index contributed by atoms with van der Waals surface area (Å²) in [6.45, 7) is 1.19. The number of carbonyl (C=O) groups excluding carboxylic acids is 1. The van der Waals surface area contributed by atoms with Crippen LogP contribution < -0.4 is 5.32 Å². The van der Waals surface area contributed by atoms with Crippen LogP contribution in [0.5, 0.6) is 0 Å². The second-order valence-corrected chi connectivity index (χ2v) is 5.97. The highest BCUT2D eigenvalue weighted by molar-refractivity contribution is 8.24. The summed E-state index contributed by atoms with van der Waals surface area (Å²) < 4.78 is 18.7. The van der Waals surface area contributed by atoms with E-state index in [1.165, 1.54) is 0 Å². The highest BCUT2D eigenvalue weighted by Crippen LogP contribution is 2.49. The smallest absolute Gasteiger partial charge is 0.246 e. The molecule has 1 amide bonds. The van der Waals surface area contributed by atoms with Gasteiger partial charge >= 0.3 is 0 Å². The first-order valence-electron chi connectivity index (χ1n) is 4.02. The molecule has 0 bridgehead atoms. The fraction of sp³-hybridized carbons (Fsp3) is 0.857. The molecule has 1 saturated heterocycles. The molecule has 1 unspecified atom stereocenters. The maximum Gasteiger partial charge on any atom is 0.246 e. The molecule has 4 N–H and O–H groups in total. The first-order chi connectivity index (χ1) is 5.87. The van der Waals surface area contributed by atoms with E-state index in [0.717, 1.165) is 0 Å². The number of hydrogen-bond acceptors (Lipinski definition) is 4. The summed E-state index contributed by atoms with van der Waals surface area (Å²) in [7, 11) is -2.50. The van der Waals surface area contributed by atoms with Crippen LogP contribution >= 0.6 is 10.6 Å². The molecule has 0 saturated carbocycles. The minimum Gasteiger partial charge on any atom is -0.387 e. The zero-order valence-corrected chi connectivity index (χ0v) is 8.30. The van der Waals surface area contributed by atoms with E-state index < -0.39 is 28.6 Å². The Morgan fingerprint density at radius 3 is 2.62 bits per heavy atom. The highest BCUT2D eigenvalue weighted by atomic mass is 32.3. The number of hydrogen-bond donors (Lipinski definition) is 4. The van der Waals surface area contributed by atoms with Crippen molar-refractivity contribution in [2.75, 3.05) is 18.1 Å². The zero-order chi connectivity index (χ0) is 10.1. The second-order valence-electron chi connectivity index (χ2n) is 3.67. The van der Waals surface area contributed by atoms with E-state index in [2.05, 4.69) is 5.32 Å². The maximum atomic E-state index is 10.9. The molecule has 0 aromatic carbocycles. The molecular weight excluding hydrogens is 194 g/mol. The number of nitrogens with one attached hydrogen (secondary N) is 1. The second kappa shape index (κ2) is 3.45. The average molecular weight is 209 g/mol. The molecule has 1 atom stereocenters. The van der Waals surface area contributed by atoms with Crippen molar-refractivity contribution < 1.29 is 19.0 Å². The topological polar surface area (TPSA) is 89.8 Å². The van der Waals surface area contributed by atoms with Crippen LogP contribution in [0, 0.1) is 0 Å². The molecule has 0 radical (unpaired) electrons. The monoisotopic (exact) mass is 209 g/mol. The molecule has 1 aliphatic rings. The van der Waals surface area contributed by atoms with Crippen LogP contribution in [-0.2, 0) is 4.79 Å². The first-order valence-corrected chi connectivity index (χ1v) is 5.91. The number of rotatable bonds is 2. The van der Waals surface area contributed by atoms with Crippen LogP contribution in [0.4, 0.5) is 0 Å². The summed E-state index contributed by atoms with van der Waals surface area (Å²) >= 11 is 0. The van der Waals surface area contributed by atoms with Crippen LogP contribution in [0.3, 0.4) is 0 Å². The van der Waals surface area contributed by atoms with Gasteiger partial charge in [0.1, 0.15) is 6.61 Å². The molecular formula is C7H15NO4S. The van der Waals surface area contributed by atoms with Crippen molar-refractivity contribution in [1.82, 2.24) is 5.32 Å². The normalized spacial score (nSPS) is 34.2. The Kier molecular flexibility index (Phi) is 2.86. The summed E-state index contributed by atoms with van der Waals surface area (Å²) in [5, 5.41) is 11.1. The van der Waals surface area contributed by atoms with Gasteiger partial charge in [0.25, 0.3) is 0 Å². The minimum atomic E-state index is -2.50. The van der Waals surface area contributed by atoms with Gasteiger partial charge in [-0.15, -0.1) is 0 Å². The van der Waals surface area contributed by atoms with Gasteiger partial charge in [-0.25, -0.2) is 0 Å². The van der Waals surface area contributed by atoms with Crippen LogP contribution in [0.1, 0.15) is 13.3 Å². The third kappa shape index (κ3) is 2.84. The minimum absolute atomic E-state index is 0.186. The van der Waals surface area contributed by atoms with Crippen molar-refractivity contribution in [3.05, 3.63) is 0 Å². The summed E-state index contributed by atoms with van der Waals surface area (Å²) in [5.41, 5.74) is -0.571. The van der Waals surface area contributed by atoms with Crippen LogP contribution in [-0.4, -0.2) is 43.8 Å². The number of amides is 1. The molecule has 78 valence electrons. The van der Waals surface area contributed by atoms with E-state index >= 15 is 0 Å². The van der Waals surface area contributed by atoms with Gasteiger partial charge in [0.15, 0.2) is 0 Å². The summed E-state index contributed by atoms with van der Waals surface area (Å²) in [4.78, 5) is 10.9. The Bertz CT molecular complexity index is 221. The van der Waals surface area contributed by atoms with Crippen molar-refractivity contribution in [3.63, 3.8) is 0 Å². The third-order valence-electron chi connectivity index (χ3n) is 2.12. The maximum absolute atomic E-state index is 10.9. The third-order valence-corrected chi connectivity index (χ3v) is 4.07. The number of aliphatic hydroxyl groups excluding tert-OH is 1. The average Bonchev–Trinajstić information content (AvgIpc) is 2.25. The molecule has 0 aromatic rings. The van der Waals surface area contributed by atoms with E-state index in [1.54, 1.807) is 6.92 Å². The molecule has 13 heavy (non-hydrogen) atoms. The molecule has 1 aliphatic heterocycles. The van der Waals surface area contributed by atoms with Gasteiger partial charge in [-0.1, -0.05) is 0 Å². The molecule has 5 nitrogen and oxygen atoms in total. The Hall–Kier alpha value is -0.300. The molecule has 1 rings (SSSR count). The van der Waals surface area contributed by atoms with E-state index in [0.29, 0.717) is 12.2 Å². The number of carbonyl (C=O) groups is 1. The van der Waals surface area contributed by atoms with E-state index in [9.17, 15) is 13.9 Å². The highest BCUT2D eigenvalue weighted by Gasteiger charge is 2.39. The van der Waals surface area contributed by atoms with Crippen molar-refractivity contribution in [1.29, 1.82) is 0 Å². The van der Waals surface area contributed by atoms with Crippen molar-refractivity contribution >= 4 is 16.5 Å². The molecule has 0 aliphatic carbocycles. The zero-order valence-electron chi connectivity index (χ0n) is 7.49. The standard InChI is InChI=1S/C7H15NO4S/c1-7(8-6(10)4-9)2-3-13(11,12)5-7/h9,11-12H,2-5H2,1H3,(H,8,10). The fourth-order valence-corrected chi connectivity index (χ4v) is 3.68. The lowest BCUT2D eigenvalue weighted by molar-refractivity contribution is -0.125. The van der Waals surface area contributed by atoms with E-state index in [-0.39, 0.29) is 5.75 Å². The van der Waals surface area contributed by atoms with Crippen LogP contribution in [0.2, 0.25) is 0 Å². The van der Waals surface area contributed by atoms with Crippen molar-refractivity contribution in [2.45, 2.75) is 18.9 Å². The molecule has 1 heterocycles. The molecule has 0 spiro atoms. The fourth-order valence-electron chi connectivity index (χ4n) is 1.52. The van der Waals surface area contributed by atoms with Crippen LogP contribution in [0.25, 0.3) is 0 Å². The molecule has 6 heteroatoms. The Labute approximate surface area is 78.5 Å². The predicted molar refractivity (Wildman–Crippen MR) is 50.8 cm³/mol. The van der Waals surface area contributed by atoms with Crippen molar-refractivity contribution in [2.24, 2.45) is 0 Å². The lowest BCUT2D eigenvalue weighted by Gasteiger charge is -2.30. The Balaban J connectivity index is 2.55. The Morgan fingerprint density at radius 1 is 1.62 bits per heavy atom. The lowest BCUT2D eigenvalue weighted by atomic mass is 10.0. The van der Waals surface area contributed by atoms with E-state index in [1.807, 2.05) is 0 Å². The predicted octanol–water partition coefficient (Wildman–Crippen LogP) is 0.00790. The summed E-state index contributed by atoms with van der Waals surface area (Å²) in [6, 6.07) is 0. The number of aliphatic hydroxyl groups is 1. The largest absolute Gasteiger partial charge is 0.387 e. The summed E-state index contributed by atoms with van der Waals surface area (Å²) in [5.74, 6) is 0.0422.